The first-order valence-corrected chi connectivity index (χ1v) is 9.30. The Hall–Kier alpha value is -3.41. The minimum absolute atomic E-state index is 0.0551. The molecule has 2 unspecified atom stereocenters. The Morgan fingerprint density at radius 3 is 2.71 bits per heavy atom. The molecule has 3 heterocycles. The third-order valence-corrected chi connectivity index (χ3v) is 5.64. The van der Waals surface area contributed by atoms with Crippen molar-refractivity contribution in [2.24, 2.45) is 0 Å². The third-order valence-electron chi connectivity index (χ3n) is 5.64. The Bertz CT molecular complexity index is 1080. The molecule has 0 saturated carbocycles. The van der Waals surface area contributed by atoms with Gasteiger partial charge < -0.3 is 14.9 Å². The fourth-order valence-electron chi connectivity index (χ4n) is 4.33. The van der Waals surface area contributed by atoms with Crippen molar-refractivity contribution in [2.45, 2.75) is 31.6 Å². The van der Waals surface area contributed by atoms with Crippen LogP contribution >= 0.6 is 0 Å². The molecule has 0 fully saturated rings. The molecule has 2 atom stereocenters. The van der Waals surface area contributed by atoms with Gasteiger partial charge in [0, 0.05) is 36.0 Å². The molecule has 0 radical (unpaired) electrons. The van der Waals surface area contributed by atoms with Crippen molar-refractivity contribution in [3.63, 3.8) is 0 Å². The minimum Gasteiger partial charge on any atom is -0.508 e. The van der Waals surface area contributed by atoms with Gasteiger partial charge in [-0.05, 0) is 48.6 Å². The monoisotopic (exact) mass is 373 g/mol. The van der Waals surface area contributed by atoms with E-state index in [0.29, 0.717) is 18.7 Å². The molecule has 28 heavy (non-hydrogen) atoms. The van der Waals surface area contributed by atoms with Crippen molar-refractivity contribution >= 4 is 11.7 Å². The lowest BCUT2D eigenvalue weighted by Gasteiger charge is -2.34. The van der Waals surface area contributed by atoms with E-state index in [4.69, 9.17) is 4.52 Å². The molecule has 5 rings (SSSR count). The lowest BCUT2D eigenvalue weighted by Crippen LogP contribution is -2.29. The van der Waals surface area contributed by atoms with Gasteiger partial charge in [-0.1, -0.05) is 23.4 Å². The van der Waals surface area contributed by atoms with E-state index in [1.165, 1.54) is 0 Å². The van der Waals surface area contributed by atoms with Crippen LogP contribution in [0.5, 0.6) is 5.75 Å². The van der Waals surface area contributed by atoms with Gasteiger partial charge in [0.15, 0.2) is 5.78 Å². The molecular formula is C22H19N3O3. The summed E-state index contributed by atoms with van der Waals surface area (Å²) in [6.07, 6.45) is 4.66. The molecule has 2 aromatic heterocycles. The Morgan fingerprint density at radius 2 is 1.96 bits per heavy atom. The van der Waals surface area contributed by atoms with Crippen LogP contribution in [0.4, 0.5) is 5.88 Å². The molecule has 6 heteroatoms. The number of nitrogens with zero attached hydrogens (tertiary/aromatic N) is 2. The van der Waals surface area contributed by atoms with Crippen LogP contribution in [-0.4, -0.2) is 21.0 Å². The zero-order valence-corrected chi connectivity index (χ0v) is 15.3. The van der Waals surface area contributed by atoms with Gasteiger partial charge in [-0.15, -0.1) is 0 Å². The fourth-order valence-corrected chi connectivity index (χ4v) is 4.33. The Labute approximate surface area is 161 Å². The maximum atomic E-state index is 13.3. The minimum atomic E-state index is -0.223. The zero-order valence-electron chi connectivity index (χ0n) is 15.3. The summed E-state index contributed by atoms with van der Waals surface area (Å²) in [4.78, 5) is 17.5. The third kappa shape index (κ3) is 2.60. The number of aromatic hydroxyl groups is 1. The predicted octanol–water partition coefficient (Wildman–Crippen LogP) is 4.04. The molecule has 3 aromatic rings. The van der Waals surface area contributed by atoms with Crippen molar-refractivity contribution in [2.75, 3.05) is 5.32 Å². The van der Waals surface area contributed by atoms with Crippen LogP contribution in [0, 0.1) is 6.92 Å². The zero-order chi connectivity index (χ0) is 19.3. The molecule has 1 aliphatic carbocycles. The van der Waals surface area contributed by atoms with Crippen molar-refractivity contribution in [1.29, 1.82) is 0 Å². The maximum absolute atomic E-state index is 13.3. The number of rotatable bonds is 2. The molecule has 0 spiro atoms. The number of ketones is 1. The van der Waals surface area contributed by atoms with Gasteiger partial charge in [-0.3, -0.25) is 9.78 Å². The molecule has 0 amide bonds. The van der Waals surface area contributed by atoms with E-state index in [2.05, 4.69) is 15.5 Å². The van der Waals surface area contributed by atoms with E-state index >= 15 is 0 Å². The normalized spacial score (nSPS) is 21.1. The Morgan fingerprint density at radius 1 is 1.14 bits per heavy atom. The van der Waals surface area contributed by atoms with Gasteiger partial charge in [0.05, 0.1) is 11.3 Å². The first kappa shape index (κ1) is 16.7. The number of carbonyl (C=O) groups is 1. The molecule has 2 N–H and O–H groups in total. The summed E-state index contributed by atoms with van der Waals surface area (Å²) in [6.45, 7) is 1.89. The molecule has 2 aliphatic rings. The van der Waals surface area contributed by atoms with Gasteiger partial charge in [0.1, 0.15) is 5.75 Å². The van der Waals surface area contributed by atoms with Gasteiger partial charge in [0.25, 0.3) is 0 Å². The van der Waals surface area contributed by atoms with E-state index in [1.54, 1.807) is 24.5 Å². The average Bonchev–Trinajstić information content (AvgIpc) is 3.08. The summed E-state index contributed by atoms with van der Waals surface area (Å²) in [6, 6.07) is 11.0. The van der Waals surface area contributed by atoms with Crippen LogP contribution in [0.25, 0.3) is 0 Å². The SMILES string of the molecule is Cc1noc2c1C(c1cccnc1)C1=C(CC(c3ccc(O)cc3)CC1=O)N2. The largest absolute Gasteiger partial charge is 0.508 e. The summed E-state index contributed by atoms with van der Waals surface area (Å²) in [5.74, 6) is 0.773. The number of aryl methyl sites for hydroxylation is 1. The number of Topliss-reactive ketones (excluding diaryl/α,β-unsaturated/α-hetero) is 1. The second-order valence-electron chi connectivity index (χ2n) is 7.37. The summed E-state index contributed by atoms with van der Waals surface area (Å²) < 4.78 is 5.52. The number of aromatic nitrogens is 2. The number of allylic oxidation sites excluding steroid dienone is 2. The number of hydrogen-bond donors (Lipinski definition) is 2. The van der Waals surface area contributed by atoms with E-state index in [1.807, 2.05) is 31.2 Å². The maximum Gasteiger partial charge on any atom is 0.233 e. The number of carbonyl (C=O) groups excluding carboxylic acids is 1. The second-order valence-corrected chi connectivity index (χ2v) is 7.37. The van der Waals surface area contributed by atoms with Crippen LogP contribution in [0.1, 0.15) is 47.1 Å². The highest BCUT2D eigenvalue weighted by atomic mass is 16.5. The Kier molecular flexibility index (Phi) is 3.79. The van der Waals surface area contributed by atoms with E-state index in [0.717, 1.165) is 33.7 Å². The van der Waals surface area contributed by atoms with Crippen molar-refractivity contribution in [3.8, 4) is 5.75 Å². The number of phenols is 1. The smallest absolute Gasteiger partial charge is 0.233 e. The first-order valence-electron chi connectivity index (χ1n) is 9.30. The van der Waals surface area contributed by atoms with Gasteiger partial charge in [0.2, 0.25) is 5.88 Å². The molecule has 140 valence electrons. The summed E-state index contributed by atoms with van der Waals surface area (Å²) >= 11 is 0. The topological polar surface area (TPSA) is 88.2 Å². The second kappa shape index (κ2) is 6.34. The van der Waals surface area contributed by atoms with Crippen LogP contribution < -0.4 is 5.32 Å². The van der Waals surface area contributed by atoms with Crippen LogP contribution in [-0.2, 0) is 4.79 Å². The van der Waals surface area contributed by atoms with E-state index < -0.39 is 0 Å². The predicted molar refractivity (Wildman–Crippen MR) is 103 cm³/mol. The molecular weight excluding hydrogens is 354 g/mol. The van der Waals surface area contributed by atoms with E-state index in [-0.39, 0.29) is 23.4 Å². The summed E-state index contributed by atoms with van der Waals surface area (Å²) in [5.41, 5.74) is 5.34. The lowest BCUT2D eigenvalue weighted by atomic mass is 9.72. The van der Waals surface area contributed by atoms with Crippen molar-refractivity contribution in [3.05, 3.63) is 82.4 Å². The van der Waals surface area contributed by atoms with E-state index in [9.17, 15) is 9.90 Å². The Balaban J connectivity index is 1.61. The highest BCUT2D eigenvalue weighted by Crippen LogP contribution is 2.48. The number of nitrogens with one attached hydrogen (secondary N) is 1. The molecule has 6 nitrogen and oxygen atoms in total. The molecule has 1 aliphatic heterocycles. The average molecular weight is 373 g/mol. The number of phenolic OH excluding ortho intramolecular Hbond substituents is 1. The number of fused-ring (bicyclic) bond motifs is 1. The highest BCUT2D eigenvalue weighted by Gasteiger charge is 2.41. The lowest BCUT2D eigenvalue weighted by molar-refractivity contribution is -0.116. The van der Waals surface area contributed by atoms with Crippen LogP contribution in [0.15, 0.2) is 64.6 Å². The van der Waals surface area contributed by atoms with Gasteiger partial charge in [-0.25, -0.2) is 0 Å². The quantitative estimate of drug-likeness (QED) is 0.705. The number of hydrogen-bond acceptors (Lipinski definition) is 6. The standard InChI is InChI=1S/C22H19N3O3/c1-12-19-20(14-3-2-8-23-11-14)21-17(24-22(19)28-25-12)9-15(10-18(21)27)13-4-6-16(26)7-5-13/h2-8,11,15,20,24,26H,9-10H2,1H3. The number of anilines is 1. The summed E-state index contributed by atoms with van der Waals surface area (Å²) in [5, 5.41) is 17.0. The fraction of sp³-hybridized carbons (Fsp3) is 0.227. The van der Waals surface area contributed by atoms with Crippen molar-refractivity contribution < 1.29 is 14.4 Å². The van der Waals surface area contributed by atoms with Crippen LogP contribution in [0.2, 0.25) is 0 Å². The highest BCUT2D eigenvalue weighted by molar-refractivity contribution is 6.01. The van der Waals surface area contributed by atoms with Crippen molar-refractivity contribution in [1.82, 2.24) is 10.1 Å². The number of benzene rings is 1. The molecule has 0 bridgehead atoms. The van der Waals surface area contributed by atoms with Crippen LogP contribution in [0.3, 0.4) is 0 Å². The molecule has 0 saturated heterocycles. The van der Waals surface area contributed by atoms with Gasteiger partial charge in [-0.2, -0.15) is 0 Å². The summed E-state index contributed by atoms with van der Waals surface area (Å²) in [7, 11) is 0. The first-order chi connectivity index (χ1) is 13.6. The molecule has 1 aromatic carbocycles. The van der Waals surface area contributed by atoms with Gasteiger partial charge >= 0.3 is 0 Å². The number of pyridine rings is 1.